The zero-order valence-electron chi connectivity index (χ0n) is 26.6. The minimum absolute atomic E-state index is 0. The van der Waals surface area contributed by atoms with Crippen LogP contribution in [0.5, 0.6) is 0 Å². The first kappa shape index (κ1) is 59.4. The molecule has 0 heterocycles. The van der Waals surface area contributed by atoms with Crippen LogP contribution in [0.25, 0.3) is 0 Å². The van der Waals surface area contributed by atoms with Crippen molar-refractivity contribution in [3.63, 3.8) is 0 Å². The molecule has 2 N–H and O–H groups in total. The van der Waals surface area contributed by atoms with Crippen LogP contribution in [0, 0.1) is 0 Å². The summed E-state index contributed by atoms with van der Waals surface area (Å²) in [7, 11) is 22.0. The predicted octanol–water partition coefficient (Wildman–Crippen LogP) is 4.44. The van der Waals surface area contributed by atoms with Gasteiger partial charge in [-0.25, -0.2) is 0 Å². The Labute approximate surface area is 246 Å². The maximum atomic E-state index is 8.43. The standard InChI is InChI=1S/2C4H10NO.2C4H9N.2C3H9N.C2H6O.CH4.Y/c2*1-4(2)5(3)6;2*1-4(2)5-3;2*1-4(2)3;1-3-2;;/h2*6H,1-3H3;2*1-3H3;2*1-3H3;1-2H3;1H4;/q2*+1;;;;;;;. The van der Waals surface area contributed by atoms with E-state index >= 15 is 0 Å². The second kappa shape index (κ2) is 50.2. The van der Waals surface area contributed by atoms with E-state index in [2.05, 4.69) is 14.7 Å². The van der Waals surface area contributed by atoms with Crippen molar-refractivity contribution in [2.75, 3.05) is 84.7 Å². The molecule has 0 saturated heterocycles. The van der Waals surface area contributed by atoms with Gasteiger partial charge in [0.2, 0.25) is 0 Å². The van der Waals surface area contributed by atoms with E-state index in [9.17, 15) is 0 Å². The molecule has 0 amide bonds. The van der Waals surface area contributed by atoms with Crippen LogP contribution in [0.4, 0.5) is 0 Å². The molecule has 9 nitrogen and oxygen atoms in total. The van der Waals surface area contributed by atoms with E-state index in [-0.39, 0.29) is 40.1 Å². The molecule has 0 fully saturated rings. The number of ether oxygens (including phenoxy) is 1. The number of hydrogen-bond donors (Lipinski definition) is 2. The van der Waals surface area contributed by atoms with Crippen LogP contribution in [0.2, 0.25) is 0 Å². The van der Waals surface area contributed by atoms with E-state index in [0.717, 1.165) is 32.3 Å². The zero-order chi connectivity index (χ0) is 28.7. The summed E-state index contributed by atoms with van der Waals surface area (Å²) in [5.74, 6) is 0. The van der Waals surface area contributed by atoms with E-state index in [1.807, 2.05) is 107 Å². The van der Waals surface area contributed by atoms with Crippen molar-refractivity contribution in [2.24, 2.45) is 9.98 Å². The molecule has 0 aromatic rings. The van der Waals surface area contributed by atoms with Crippen molar-refractivity contribution in [1.82, 2.24) is 9.80 Å². The van der Waals surface area contributed by atoms with Crippen LogP contribution >= 0.6 is 0 Å². The minimum atomic E-state index is 0. The molecule has 10 heteroatoms. The van der Waals surface area contributed by atoms with E-state index in [1.54, 1.807) is 42.4 Å². The Morgan fingerprint density at radius 2 is 0.657 bits per heavy atom. The molecule has 0 aliphatic heterocycles. The number of methoxy groups -OCH3 is 1. The van der Waals surface area contributed by atoms with Crippen LogP contribution in [0.3, 0.4) is 0 Å². The van der Waals surface area contributed by atoms with Gasteiger partial charge in [-0.15, -0.1) is 0 Å². The van der Waals surface area contributed by atoms with Crippen molar-refractivity contribution in [3.8, 4) is 0 Å². The number of aliphatic imine (C=N–C) groups is 2. The number of hydrogen-bond acceptors (Lipinski definition) is 7. The van der Waals surface area contributed by atoms with Crippen LogP contribution in [0.15, 0.2) is 9.98 Å². The molecule has 0 atom stereocenters. The summed E-state index contributed by atoms with van der Waals surface area (Å²) >= 11 is 0. The average molecular weight is 588 g/mol. The van der Waals surface area contributed by atoms with Gasteiger partial charge < -0.3 is 14.5 Å². The second-order valence-electron chi connectivity index (χ2n) is 8.37. The fourth-order valence-electron chi connectivity index (χ4n) is 0. The van der Waals surface area contributed by atoms with Gasteiger partial charge in [0, 0.05) is 100 Å². The van der Waals surface area contributed by atoms with Crippen molar-refractivity contribution < 1.29 is 57.3 Å². The van der Waals surface area contributed by atoms with Gasteiger partial charge in [-0.1, -0.05) is 7.43 Å². The van der Waals surface area contributed by atoms with Gasteiger partial charge in [-0.2, -0.15) is 0 Å². The van der Waals surface area contributed by atoms with E-state index in [0.29, 0.717) is 0 Å². The van der Waals surface area contributed by atoms with Crippen LogP contribution < -0.4 is 0 Å². The van der Waals surface area contributed by atoms with Crippen LogP contribution in [-0.2, 0) is 37.4 Å². The summed E-state index contributed by atoms with van der Waals surface area (Å²) in [6.07, 6.45) is 0. The summed E-state index contributed by atoms with van der Waals surface area (Å²) in [5.41, 5.74) is 4.06. The molecule has 0 aliphatic carbocycles. The molecular weight excluding hydrogens is 521 g/mol. The molecule has 0 rings (SSSR count). The molecule has 0 aromatic heterocycles. The molecule has 1 radical (unpaired) electrons. The Morgan fingerprint density at radius 3 is 0.657 bits per heavy atom. The Bertz CT molecular complexity index is 412. The fourth-order valence-corrected chi connectivity index (χ4v) is 0. The topological polar surface area (TPSA) is 86.9 Å². The second-order valence-corrected chi connectivity index (χ2v) is 8.37. The monoisotopic (exact) mass is 587 g/mol. The van der Waals surface area contributed by atoms with Gasteiger partial charge >= 0.3 is 0 Å². The summed E-state index contributed by atoms with van der Waals surface area (Å²) in [6, 6.07) is 0. The van der Waals surface area contributed by atoms with Crippen molar-refractivity contribution in [2.45, 2.75) is 62.8 Å². The third-order valence-electron chi connectivity index (χ3n) is 2.19. The van der Waals surface area contributed by atoms with Gasteiger partial charge in [0.05, 0.1) is 0 Å². The fraction of sp³-hybridized carbons (Fsp3) is 0.840. The summed E-state index contributed by atoms with van der Waals surface area (Å²) in [4.78, 5) is 11.6. The van der Waals surface area contributed by atoms with Gasteiger partial charge in [0.25, 0.3) is 0 Å². The number of rotatable bonds is 0. The molecule has 0 unspecified atom stereocenters. The van der Waals surface area contributed by atoms with Crippen LogP contribution in [0.1, 0.15) is 62.8 Å². The first-order valence-electron chi connectivity index (χ1n) is 10.6. The number of hydroxylamine groups is 2. The predicted molar refractivity (Wildman–Crippen MR) is 157 cm³/mol. The molecule has 35 heavy (non-hydrogen) atoms. The Kier molecular flexibility index (Phi) is 85.2. The molecule has 0 spiro atoms. The largest absolute Gasteiger partial charge is 0.388 e. The van der Waals surface area contributed by atoms with E-state index in [1.165, 1.54) is 0 Å². The third-order valence-corrected chi connectivity index (χ3v) is 2.19. The maximum absolute atomic E-state index is 8.43. The molecule has 0 aliphatic rings. The van der Waals surface area contributed by atoms with E-state index in [4.69, 9.17) is 10.4 Å². The Hall–Kier alpha value is -0.736. The summed E-state index contributed by atoms with van der Waals surface area (Å²) in [6.45, 7) is 15.2. The summed E-state index contributed by atoms with van der Waals surface area (Å²) in [5, 5.41) is 16.9. The van der Waals surface area contributed by atoms with E-state index < -0.39 is 0 Å². The smallest absolute Gasteiger partial charge is 0.197 e. The quantitative estimate of drug-likeness (QED) is 0.189. The first-order chi connectivity index (χ1) is 14.7. The minimum Gasteiger partial charge on any atom is -0.388 e. The van der Waals surface area contributed by atoms with Gasteiger partial charge in [0.15, 0.2) is 25.5 Å². The average Bonchev–Trinajstić information content (AvgIpc) is 2.62. The summed E-state index contributed by atoms with van der Waals surface area (Å²) < 4.78 is 6.42. The SMILES string of the molecule is C.CC(C)=[N+](C)O.CC(C)=[N+](C)O.CN(C)C.CN(C)C.CN=C(C)C.CN=C(C)C.COC.[Y]. The molecule has 215 valence electrons. The zero-order valence-corrected chi connectivity index (χ0v) is 29.4. The molecule has 0 aromatic carbocycles. The van der Waals surface area contributed by atoms with Gasteiger partial charge in [0.1, 0.15) is 0 Å². The molecule has 0 saturated carbocycles. The Morgan fingerprint density at radius 1 is 0.600 bits per heavy atom. The normalized spacial score (nSPS) is 7.26. The molecule has 0 bridgehead atoms. The third kappa shape index (κ3) is 256. The molecular formula is C25H66N6O3Y+2. The maximum Gasteiger partial charge on any atom is 0.197 e. The first-order valence-corrected chi connectivity index (χ1v) is 10.6. The van der Waals surface area contributed by atoms with Crippen LogP contribution in [-0.4, -0.2) is 137 Å². The van der Waals surface area contributed by atoms with Crippen molar-refractivity contribution in [1.29, 1.82) is 0 Å². The number of nitrogens with zero attached hydrogens (tertiary/aromatic N) is 6. The van der Waals surface area contributed by atoms with Gasteiger partial charge in [-0.3, -0.25) is 20.4 Å². The van der Waals surface area contributed by atoms with Gasteiger partial charge in [-0.05, 0) is 79.5 Å². The Balaban J connectivity index is -0.0000000322. The van der Waals surface area contributed by atoms with Crippen molar-refractivity contribution >= 4 is 22.8 Å². The van der Waals surface area contributed by atoms with Crippen molar-refractivity contribution in [3.05, 3.63) is 0 Å².